The lowest BCUT2D eigenvalue weighted by Gasteiger charge is -2.46. The van der Waals surface area contributed by atoms with Gasteiger partial charge in [0, 0.05) is 12.8 Å². The maximum Gasteiger partial charge on any atom is 0.126 e. The van der Waals surface area contributed by atoms with Gasteiger partial charge in [0.25, 0.3) is 0 Å². The third-order valence-corrected chi connectivity index (χ3v) is 6.21. The van der Waals surface area contributed by atoms with Gasteiger partial charge >= 0.3 is 0 Å². The molecule has 0 radical (unpaired) electrons. The standard InChI is InChI=1S/C28H40O6/c1-17(2)13-27(33,14-22-9-18(3)7-19(4)10-22)26(32)28(34,25(31)24(30)16-29)15-23-11-20(5)8-21(6)12-23/h7-12,24-26,29-34H,1,13-16H2,2-6H3/t24-,25+,26+,27?,28+/m0/s1. The second-order valence-corrected chi connectivity index (χ2v) is 10.2. The van der Waals surface area contributed by atoms with Gasteiger partial charge in [-0.25, -0.2) is 0 Å². The van der Waals surface area contributed by atoms with E-state index in [1.165, 1.54) is 0 Å². The Labute approximate surface area is 202 Å². The van der Waals surface area contributed by atoms with Crippen LogP contribution in [0.15, 0.2) is 48.6 Å². The number of rotatable bonds is 11. The molecule has 6 nitrogen and oxygen atoms in total. The molecule has 2 aromatic carbocycles. The van der Waals surface area contributed by atoms with Gasteiger partial charge in [0.2, 0.25) is 0 Å². The van der Waals surface area contributed by atoms with Crippen LogP contribution in [0.1, 0.15) is 46.7 Å². The molecule has 0 aliphatic heterocycles. The zero-order chi connectivity index (χ0) is 25.8. The minimum atomic E-state index is -2.37. The zero-order valence-corrected chi connectivity index (χ0v) is 20.9. The predicted octanol–water partition coefficient (Wildman–Crippen LogP) is 2.21. The minimum absolute atomic E-state index is 0.0133. The molecule has 0 fully saturated rings. The molecule has 1 unspecified atom stereocenters. The van der Waals surface area contributed by atoms with E-state index in [-0.39, 0.29) is 19.3 Å². The van der Waals surface area contributed by atoms with Crippen molar-refractivity contribution in [1.29, 1.82) is 0 Å². The maximum absolute atomic E-state index is 11.8. The van der Waals surface area contributed by atoms with Gasteiger partial charge < -0.3 is 30.6 Å². The minimum Gasteiger partial charge on any atom is -0.394 e. The topological polar surface area (TPSA) is 121 Å². The summed E-state index contributed by atoms with van der Waals surface area (Å²) in [4.78, 5) is 0. The summed E-state index contributed by atoms with van der Waals surface area (Å²) < 4.78 is 0. The smallest absolute Gasteiger partial charge is 0.126 e. The number of aryl methyl sites for hydroxylation is 4. The number of hydrogen-bond acceptors (Lipinski definition) is 6. The lowest BCUT2D eigenvalue weighted by atomic mass is 9.71. The van der Waals surface area contributed by atoms with Crippen molar-refractivity contribution in [3.63, 3.8) is 0 Å². The lowest BCUT2D eigenvalue weighted by molar-refractivity contribution is -0.228. The Morgan fingerprint density at radius 1 is 0.794 bits per heavy atom. The maximum atomic E-state index is 11.8. The molecule has 2 rings (SSSR count). The summed E-state index contributed by atoms with van der Waals surface area (Å²) in [6.07, 6.45) is -5.83. The first kappa shape index (κ1) is 28.2. The summed E-state index contributed by atoms with van der Waals surface area (Å²) >= 11 is 0. The molecule has 0 spiro atoms. The molecule has 6 N–H and O–H groups in total. The van der Waals surface area contributed by atoms with Crippen molar-refractivity contribution in [3.05, 3.63) is 81.9 Å². The molecule has 34 heavy (non-hydrogen) atoms. The van der Waals surface area contributed by atoms with Crippen LogP contribution in [0.5, 0.6) is 0 Å². The van der Waals surface area contributed by atoms with E-state index in [0.29, 0.717) is 11.1 Å². The Kier molecular flexibility index (Phi) is 9.22. The van der Waals surface area contributed by atoms with Gasteiger partial charge in [0.15, 0.2) is 0 Å². The van der Waals surface area contributed by atoms with Crippen LogP contribution < -0.4 is 0 Å². The molecular formula is C28H40O6. The van der Waals surface area contributed by atoms with Crippen LogP contribution >= 0.6 is 0 Å². The van der Waals surface area contributed by atoms with Crippen LogP contribution in [0.4, 0.5) is 0 Å². The second kappa shape index (κ2) is 11.1. The van der Waals surface area contributed by atoms with E-state index < -0.39 is 36.1 Å². The van der Waals surface area contributed by atoms with Crippen LogP contribution in [0.3, 0.4) is 0 Å². The van der Waals surface area contributed by atoms with Gasteiger partial charge in [-0.2, -0.15) is 0 Å². The number of aliphatic hydroxyl groups is 6. The summed E-state index contributed by atoms with van der Waals surface area (Å²) in [6, 6.07) is 11.4. The van der Waals surface area contributed by atoms with Crippen LogP contribution in [0.2, 0.25) is 0 Å². The molecule has 0 amide bonds. The highest BCUT2D eigenvalue weighted by Gasteiger charge is 2.54. The van der Waals surface area contributed by atoms with Crippen molar-refractivity contribution >= 4 is 0 Å². The first-order chi connectivity index (χ1) is 15.7. The highest BCUT2D eigenvalue weighted by atomic mass is 16.4. The quantitative estimate of drug-likeness (QED) is 0.279. The highest BCUT2D eigenvalue weighted by Crippen LogP contribution is 2.36. The van der Waals surface area contributed by atoms with Crippen molar-refractivity contribution in [2.24, 2.45) is 0 Å². The van der Waals surface area contributed by atoms with Crippen molar-refractivity contribution < 1.29 is 30.6 Å². The van der Waals surface area contributed by atoms with Crippen molar-refractivity contribution in [1.82, 2.24) is 0 Å². The monoisotopic (exact) mass is 472 g/mol. The molecule has 6 heteroatoms. The largest absolute Gasteiger partial charge is 0.394 e. The molecule has 0 aliphatic carbocycles. The summed E-state index contributed by atoms with van der Waals surface area (Å²) in [7, 11) is 0. The first-order valence-electron chi connectivity index (χ1n) is 11.6. The normalized spacial score (nSPS) is 18.0. The molecule has 2 aromatic rings. The Balaban J connectivity index is 2.60. The average molecular weight is 473 g/mol. The molecule has 0 aromatic heterocycles. The lowest BCUT2D eigenvalue weighted by Crippen LogP contribution is -2.66. The Bertz CT molecular complexity index is 962. The van der Waals surface area contributed by atoms with E-state index in [1.807, 2.05) is 64.1 Å². The number of benzene rings is 2. The zero-order valence-electron chi connectivity index (χ0n) is 20.9. The highest BCUT2D eigenvalue weighted by molar-refractivity contribution is 5.33. The van der Waals surface area contributed by atoms with E-state index in [1.54, 1.807) is 6.92 Å². The van der Waals surface area contributed by atoms with Gasteiger partial charge in [0.05, 0.1) is 6.61 Å². The predicted molar refractivity (Wildman–Crippen MR) is 134 cm³/mol. The van der Waals surface area contributed by atoms with Crippen LogP contribution in [0, 0.1) is 27.7 Å². The fourth-order valence-electron chi connectivity index (χ4n) is 5.06. The van der Waals surface area contributed by atoms with Crippen LogP contribution in [0.25, 0.3) is 0 Å². The number of aliphatic hydroxyl groups excluding tert-OH is 4. The Hall–Kier alpha value is -2.06. The Morgan fingerprint density at radius 3 is 1.59 bits per heavy atom. The van der Waals surface area contributed by atoms with E-state index in [9.17, 15) is 30.6 Å². The van der Waals surface area contributed by atoms with E-state index in [4.69, 9.17) is 0 Å². The fourth-order valence-corrected chi connectivity index (χ4v) is 5.06. The second-order valence-electron chi connectivity index (χ2n) is 10.2. The fraction of sp³-hybridized carbons (Fsp3) is 0.500. The average Bonchev–Trinajstić information content (AvgIpc) is 2.69. The summed E-state index contributed by atoms with van der Waals surface area (Å²) in [5.41, 5.74) is 1.51. The third-order valence-electron chi connectivity index (χ3n) is 6.21. The number of hydrogen-bond donors (Lipinski definition) is 6. The van der Waals surface area contributed by atoms with E-state index in [0.717, 1.165) is 27.8 Å². The Morgan fingerprint density at radius 2 is 1.21 bits per heavy atom. The molecule has 188 valence electrons. The van der Waals surface area contributed by atoms with Gasteiger partial charge in [-0.3, -0.25) is 0 Å². The van der Waals surface area contributed by atoms with Gasteiger partial charge in [0.1, 0.15) is 29.5 Å². The van der Waals surface area contributed by atoms with Crippen LogP contribution in [-0.4, -0.2) is 66.8 Å². The summed E-state index contributed by atoms with van der Waals surface area (Å²) in [5, 5.41) is 65.7. The van der Waals surface area contributed by atoms with Gasteiger partial charge in [-0.1, -0.05) is 64.2 Å². The van der Waals surface area contributed by atoms with Crippen molar-refractivity contribution in [2.75, 3.05) is 6.61 Å². The molecule has 0 aliphatic rings. The molecule has 0 bridgehead atoms. The van der Waals surface area contributed by atoms with E-state index in [2.05, 4.69) is 6.58 Å². The SMILES string of the molecule is C=C(C)CC(O)(Cc1cc(C)cc(C)c1)[C@@H](O)[C@@](O)(Cc1cc(C)cc(C)c1)[C@H](O)[C@@H](O)CO. The summed E-state index contributed by atoms with van der Waals surface area (Å²) in [5.74, 6) is 0. The van der Waals surface area contributed by atoms with Crippen molar-refractivity contribution in [3.8, 4) is 0 Å². The van der Waals surface area contributed by atoms with Gasteiger partial charge in [-0.15, -0.1) is 6.58 Å². The van der Waals surface area contributed by atoms with Gasteiger partial charge in [-0.05, 0) is 52.2 Å². The third kappa shape index (κ3) is 6.75. The van der Waals surface area contributed by atoms with Crippen molar-refractivity contribution in [2.45, 2.75) is 83.4 Å². The van der Waals surface area contributed by atoms with E-state index >= 15 is 0 Å². The molecule has 5 atom stereocenters. The molecule has 0 saturated heterocycles. The molecular weight excluding hydrogens is 432 g/mol. The summed E-state index contributed by atoms with van der Waals surface area (Å²) in [6.45, 7) is 12.4. The first-order valence-corrected chi connectivity index (χ1v) is 11.6. The molecule has 0 heterocycles. The molecule has 0 saturated carbocycles. The van der Waals surface area contributed by atoms with Crippen LogP contribution in [-0.2, 0) is 12.8 Å².